The summed E-state index contributed by atoms with van der Waals surface area (Å²) in [6, 6.07) is 10.9. The zero-order chi connectivity index (χ0) is 11.4. The Bertz CT molecular complexity index is 303. The van der Waals surface area contributed by atoms with Crippen molar-refractivity contribution in [2.24, 2.45) is 0 Å². The van der Waals surface area contributed by atoms with Crippen molar-refractivity contribution in [2.75, 3.05) is 19.6 Å². The lowest BCUT2D eigenvalue weighted by Gasteiger charge is -2.23. The predicted molar refractivity (Wildman–Crippen MR) is 65.2 cm³/mol. The van der Waals surface area contributed by atoms with Gasteiger partial charge >= 0.3 is 0 Å². The van der Waals surface area contributed by atoms with Crippen LogP contribution in [-0.2, 0) is 6.54 Å². The Kier molecular flexibility index (Phi) is 3.93. The minimum Gasteiger partial charge on any atom is -0.390 e. The van der Waals surface area contributed by atoms with Crippen LogP contribution in [0, 0.1) is 0 Å². The van der Waals surface area contributed by atoms with Crippen LogP contribution in [0.2, 0.25) is 0 Å². The van der Waals surface area contributed by atoms with Gasteiger partial charge in [0.2, 0.25) is 0 Å². The summed E-state index contributed by atoms with van der Waals surface area (Å²) in [4.78, 5) is 2.31. The summed E-state index contributed by atoms with van der Waals surface area (Å²) in [6.45, 7) is 5.53. The van der Waals surface area contributed by atoms with E-state index in [9.17, 15) is 5.11 Å². The number of hydrogen-bond acceptors (Lipinski definition) is 3. The van der Waals surface area contributed by atoms with Gasteiger partial charge in [-0.15, -0.1) is 0 Å². The molecule has 2 atom stereocenters. The number of β-amino-alcohol motifs (C(OH)–C–C–N with tert-alkyl or cyclic N) is 1. The minimum absolute atomic E-state index is 0.256. The van der Waals surface area contributed by atoms with E-state index in [0.717, 1.165) is 19.6 Å². The van der Waals surface area contributed by atoms with Crippen molar-refractivity contribution < 1.29 is 5.11 Å². The number of nitrogens with zero attached hydrogens (tertiary/aromatic N) is 1. The van der Waals surface area contributed by atoms with E-state index < -0.39 is 0 Å². The SMILES string of the molecule is CC1CN(Cc2ccccc2)CC(O)CN1. The fourth-order valence-electron chi connectivity index (χ4n) is 2.20. The molecular formula is C13H20N2O. The van der Waals surface area contributed by atoms with E-state index in [-0.39, 0.29) is 6.10 Å². The summed E-state index contributed by atoms with van der Waals surface area (Å²) >= 11 is 0. The van der Waals surface area contributed by atoms with E-state index in [2.05, 4.69) is 41.4 Å². The van der Waals surface area contributed by atoms with E-state index in [1.54, 1.807) is 0 Å². The molecule has 2 unspecified atom stereocenters. The molecular weight excluding hydrogens is 200 g/mol. The molecule has 1 aliphatic rings. The fourth-order valence-corrected chi connectivity index (χ4v) is 2.20. The number of benzene rings is 1. The van der Waals surface area contributed by atoms with Crippen molar-refractivity contribution in [3.8, 4) is 0 Å². The second-order valence-corrected chi connectivity index (χ2v) is 4.64. The molecule has 88 valence electrons. The molecule has 3 nitrogen and oxygen atoms in total. The van der Waals surface area contributed by atoms with Crippen LogP contribution in [0.15, 0.2) is 30.3 Å². The lowest BCUT2D eigenvalue weighted by Crippen LogP contribution is -2.34. The van der Waals surface area contributed by atoms with Crippen LogP contribution in [0.3, 0.4) is 0 Å². The van der Waals surface area contributed by atoms with Crippen LogP contribution < -0.4 is 5.32 Å². The first-order valence-electron chi connectivity index (χ1n) is 5.92. The second-order valence-electron chi connectivity index (χ2n) is 4.64. The van der Waals surface area contributed by atoms with Crippen molar-refractivity contribution in [3.63, 3.8) is 0 Å². The Labute approximate surface area is 97.1 Å². The molecule has 1 aliphatic heterocycles. The molecule has 0 saturated carbocycles. The van der Waals surface area contributed by atoms with E-state index in [1.165, 1.54) is 5.56 Å². The molecule has 16 heavy (non-hydrogen) atoms. The Balaban J connectivity index is 1.97. The largest absolute Gasteiger partial charge is 0.390 e. The van der Waals surface area contributed by atoms with Gasteiger partial charge in [-0.05, 0) is 12.5 Å². The molecule has 0 bridgehead atoms. The lowest BCUT2D eigenvalue weighted by atomic mass is 10.2. The molecule has 1 aromatic carbocycles. The lowest BCUT2D eigenvalue weighted by molar-refractivity contribution is 0.127. The number of rotatable bonds is 2. The van der Waals surface area contributed by atoms with Gasteiger partial charge in [0.15, 0.2) is 0 Å². The predicted octanol–water partition coefficient (Wildman–Crippen LogP) is 0.841. The van der Waals surface area contributed by atoms with Crippen molar-refractivity contribution in [1.82, 2.24) is 10.2 Å². The van der Waals surface area contributed by atoms with Gasteiger partial charge in [0, 0.05) is 32.2 Å². The zero-order valence-corrected chi connectivity index (χ0v) is 9.76. The normalized spacial score (nSPS) is 27.6. The minimum atomic E-state index is -0.256. The highest BCUT2D eigenvalue weighted by Gasteiger charge is 2.19. The summed E-state index contributed by atoms with van der Waals surface area (Å²) in [7, 11) is 0. The average Bonchev–Trinajstić information content (AvgIpc) is 2.42. The first kappa shape index (κ1) is 11.6. The van der Waals surface area contributed by atoms with E-state index in [4.69, 9.17) is 0 Å². The van der Waals surface area contributed by atoms with E-state index in [0.29, 0.717) is 12.6 Å². The highest BCUT2D eigenvalue weighted by Crippen LogP contribution is 2.08. The van der Waals surface area contributed by atoms with Crippen molar-refractivity contribution in [2.45, 2.75) is 25.6 Å². The van der Waals surface area contributed by atoms with Crippen LogP contribution in [0.4, 0.5) is 0 Å². The Morgan fingerprint density at radius 3 is 2.81 bits per heavy atom. The summed E-state index contributed by atoms with van der Waals surface area (Å²) in [5, 5.41) is 13.1. The van der Waals surface area contributed by atoms with Gasteiger partial charge in [0.05, 0.1) is 6.10 Å². The number of aliphatic hydroxyl groups excluding tert-OH is 1. The number of nitrogens with one attached hydrogen (secondary N) is 1. The Morgan fingerprint density at radius 1 is 1.31 bits per heavy atom. The highest BCUT2D eigenvalue weighted by atomic mass is 16.3. The maximum Gasteiger partial charge on any atom is 0.0791 e. The second kappa shape index (κ2) is 5.43. The summed E-state index contributed by atoms with van der Waals surface area (Å²) in [5.74, 6) is 0. The molecule has 0 amide bonds. The maximum atomic E-state index is 9.75. The number of hydrogen-bond donors (Lipinski definition) is 2. The van der Waals surface area contributed by atoms with Crippen molar-refractivity contribution >= 4 is 0 Å². The molecule has 1 fully saturated rings. The first-order valence-corrected chi connectivity index (χ1v) is 5.92. The van der Waals surface area contributed by atoms with E-state index >= 15 is 0 Å². The smallest absolute Gasteiger partial charge is 0.0791 e. The van der Waals surface area contributed by atoms with Gasteiger partial charge < -0.3 is 10.4 Å². The molecule has 2 N–H and O–H groups in total. The van der Waals surface area contributed by atoms with Crippen molar-refractivity contribution in [1.29, 1.82) is 0 Å². The van der Waals surface area contributed by atoms with Gasteiger partial charge in [0.1, 0.15) is 0 Å². The fraction of sp³-hybridized carbons (Fsp3) is 0.538. The summed E-state index contributed by atoms with van der Waals surface area (Å²) in [5.41, 5.74) is 1.31. The quantitative estimate of drug-likeness (QED) is 0.775. The maximum absolute atomic E-state index is 9.75. The summed E-state index contributed by atoms with van der Waals surface area (Å²) < 4.78 is 0. The van der Waals surface area contributed by atoms with Crippen molar-refractivity contribution in [3.05, 3.63) is 35.9 Å². The van der Waals surface area contributed by atoms with Crippen LogP contribution in [0.1, 0.15) is 12.5 Å². The van der Waals surface area contributed by atoms with Gasteiger partial charge in [-0.25, -0.2) is 0 Å². The number of aliphatic hydroxyl groups is 1. The van der Waals surface area contributed by atoms with Gasteiger partial charge in [0.25, 0.3) is 0 Å². The van der Waals surface area contributed by atoms with Crippen LogP contribution in [0.5, 0.6) is 0 Å². The molecule has 3 heteroatoms. The average molecular weight is 220 g/mol. The van der Waals surface area contributed by atoms with Gasteiger partial charge in [-0.1, -0.05) is 30.3 Å². The summed E-state index contributed by atoms with van der Waals surface area (Å²) in [6.07, 6.45) is -0.256. The first-order chi connectivity index (χ1) is 7.74. The molecule has 0 spiro atoms. The molecule has 0 aromatic heterocycles. The van der Waals surface area contributed by atoms with Gasteiger partial charge in [-0.2, -0.15) is 0 Å². The molecule has 1 heterocycles. The Morgan fingerprint density at radius 2 is 2.06 bits per heavy atom. The third-order valence-corrected chi connectivity index (χ3v) is 2.95. The zero-order valence-electron chi connectivity index (χ0n) is 9.76. The highest BCUT2D eigenvalue weighted by molar-refractivity contribution is 5.14. The van der Waals surface area contributed by atoms with Gasteiger partial charge in [-0.3, -0.25) is 4.90 Å². The van der Waals surface area contributed by atoms with E-state index in [1.807, 2.05) is 6.07 Å². The topological polar surface area (TPSA) is 35.5 Å². The monoisotopic (exact) mass is 220 g/mol. The molecule has 2 rings (SSSR count). The molecule has 0 aliphatic carbocycles. The van der Waals surface area contributed by atoms with Crippen LogP contribution in [-0.4, -0.2) is 41.8 Å². The third kappa shape index (κ3) is 3.30. The van der Waals surface area contributed by atoms with Crippen LogP contribution in [0.25, 0.3) is 0 Å². The molecule has 0 radical (unpaired) electrons. The van der Waals surface area contributed by atoms with Crippen LogP contribution >= 0.6 is 0 Å². The Hall–Kier alpha value is -0.900. The third-order valence-electron chi connectivity index (χ3n) is 2.95. The molecule has 1 saturated heterocycles. The standard InChI is InChI=1S/C13H20N2O/c1-11-8-15(10-13(16)7-14-11)9-12-5-3-2-4-6-12/h2-6,11,13-14,16H,7-10H2,1H3. The molecule has 1 aromatic rings.